The lowest BCUT2D eigenvalue weighted by Crippen LogP contribution is -2.23. The first-order valence-corrected chi connectivity index (χ1v) is 6.42. The van der Waals surface area contributed by atoms with Crippen LogP contribution in [0.25, 0.3) is 0 Å². The van der Waals surface area contributed by atoms with E-state index in [0.717, 1.165) is 18.2 Å². The van der Waals surface area contributed by atoms with Crippen molar-refractivity contribution < 1.29 is 26.7 Å². The molecule has 0 saturated carbocycles. The topological polar surface area (TPSA) is 41.1 Å². The fourth-order valence-corrected chi connectivity index (χ4v) is 1.85. The summed E-state index contributed by atoms with van der Waals surface area (Å²) in [6, 6.07) is 7.21. The van der Waals surface area contributed by atoms with E-state index in [4.69, 9.17) is 0 Å². The number of nitrogens with one attached hydrogen (secondary N) is 2. The second-order valence-corrected chi connectivity index (χ2v) is 4.57. The number of rotatable bonds is 4. The van der Waals surface area contributed by atoms with Gasteiger partial charge < -0.3 is 10.6 Å². The highest BCUT2D eigenvalue weighted by molar-refractivity contribution is 5.93. The zero-order valence-electron chi connectivity index (χ0n) is 11.5. The fraction of sp³-hybridized carbons (Fsp3) is 0.133. The molecule has 2 aromatic rings. The zero-order chi connectivity index (χ0) is 17.0. The van der Waals surface area contributed by atoms with Crippen LogP contribution in [0.15, 0.2) is 42.5 Å². The summed E-state index contributed by atoms with van der Waals surface area (Å²) in [5.41, 5.74) is -1.45. The number of alkyl halides is 3. The van der Waals surface area contributed by atoms with Gasteiger partial charge in [-0.1, -0.05) is 12.1 Å². The Morgan fingerprint density at radius 2 is 1.70 bits per heavy atom. The first-order valence-electron chi connectivity index (χ1n) is 6.42. The predicted molar refractivity (Wildman–Crippen MR) is 74.9 cm³/mol. The van der Waals surface area contributed by atoms with Crippen molar-refractivity contribution in [3.63, 3.8) is 0 Å². The summed E-state index contributed by atoms with van der Waals surface area (Å²) in [6.45, 7) is -0.510. The summed E-state index contributed by atoms with van der Waals surface area (Å²) < 4.78 is 64.5. The molecule has 3 nitrogen and oxygen atoms in total. The SMILES string of the molecule is O=C(CNc1ccccc1C(F)(F)F)Nc1ccc(F)cc1F. The van der Waals surface area contributed by atoms with E-state index >= 15 is 0 Å². The molecule has 1 amide bonds. The molecule has 0 spiro atoms. The number of amides is 1. The van der Waals surface area contributed by atoms with Crippen molar-refractivity contribution >= 4 is 17.3 Å². The van der Waals surface area contributed by atoms with Gasteiger partial charge in [-0.05, 0) is 24.3 Å². The Bertz CT molecular complexity index is 715. The van der Waals surface area contributed by atoms with Crippen molar-refractivity contribution in [2.45, 2.75) is 6.18 Å². The van der Waals surface area contributed by atoms with Gasteiger partial charge in [0.15, 0.2) is 0 Å². The Morgan fingerprint density at radius 3 is 2.35 bits per heavy atom. The fourth-order valence-electron chi connectivity index (χ4n) is 1.85. The molecule has 0 heterocycles. The quantitative estimate of drug-likeness (QED) is 0.831. The van der Waals surface area contributed by atoms with Crippen LogP contribution in [0.4, 0.5) is 33.3 Å². The Morgan fingerprint density at radius 1 is 1.00 bits per heavy atom. The van der Waals surface area contributed by atoms with Crippen molar-refractivity contribution in [1.29, 1.82) is 0 Å². The molecule has 2 aromatic carbocycles. The van der Waals surface area contributed by atoms with Gasteiger partial charge in [-0.25, -0.2) is 8.78 Å². The van der Waals surface area contributed by atoms with E-state index in [2.05, 4.69) is 10.6 Å². The van der Waals surface area contributed by atoms with E-state index in [0.29, 0.717) is 6.07 Å². The molecule has 0 aliphatic rings. The van der Waals surface area contributed by atoms with Crippen LogP contribution in [-0.2, 0) is 11.0 Å². The van der Waals surface area contributed by atoms with Crippen molar-refractivity contribution in [1.82, 2.24) is 0 Å². The minimum Gasteiger partial charge on any atom is -0.376 e. The summed E-state index contributed by atoms with van der Waals surface area (Å²) in [5, 5.41) is 4.48. The maximum Gasteiger partial charge on any atom is 0.418 e. The van der Waals surface area contributed by atoms with E-state index in [-0.39, 0.29) is 11.4 Å². The maximum atomic E-state index is 13.4. The molecule has 0 aliphatic carbocycles. The lowest BCUT2D eigenvalue weighted by Gasteiger charge is -2.14. The maximum absolute atomic E-state index is 13.4. The molecule has 2 N–H and O–H groups in total. The summed E-state index contributed by atoms with van der Waals surface area (Å²) >= 11 is 0. The highest BCUT2D eigenvalue weighted by Gasteiger charge is 2.33. The van der Waals surface area contributed by atoms with Crippen LogP contribution in [0.3, 0.4) is 0 Å². The Kier molecular flexibility index (Phi) is 4.83. The number of hydrogen-bond acceptors (Lipinski definition) is 2. The predicted octanol–water partition coefficient (Wildman–Crippen LogP) is 4.03. The number of carbonyl (C=O) groups excluding carboxylic acids is 1. The minimum absolute atomic E-state index is 0.262. The standard InChI is InChI=1S/C15H11F5N2O/c16-9-5-6-13(11(17)7-9)22-14(23)8-21-12-4-2-1-3-10(12)15(18,19)20/h1-7,21H,8H2,(H,22,23). The van der Waals surface area contributed by atoms with Crippen molar-refractivity contribution in [2.24, 2.45) is 0 Å². The molecule has 0 bridgehead atoms. The number of para-hydroxylation sites is 1. The van der Waals surface area contributed by atoms with Gasteiger partial charge in [0.05, 0.1) is 17.8 Å². The van der Waals surface area contributed by atoms with Gasteiger partial charge >= 0.3 is 6.18 Å². The van der Waals surface area contributed by atoms with Crippen LogP contribution in [-0.4, -0.2) is 12.5 Å². The highest BCUT2D eigenvalue weighted by atomic mass is 19.4. The second kappa shape index (κ2) is 6.64. The lowest BCUT2D eigenvalue weighted by molar-refractivity contribution is -0.137. The lowest BCUT2D eigenvalue weighted by atomic mass is 10.1. The van der Waals surface area contributed by atoms with E-state index in [9.17, 15) is 26.7 Å². The third kappa shape index (κ3) is 4.41. The van der Waals surface area contributed by atoms with Gasteiger partial charge in [0, 0.05) is 11.8 Å². The van der Waals surface area contributed by atoms with Gasteiger partial charge in [0.25, 0.3) is 0 Å². The zero-order valence-corrected chi connectivity index (χ0v) is 11.5. The van der Waals surface area contributed by atoms with E-state index in [1.165, 1.54) is 18.2 Å². The molecule has 0 saturated heterocycles. The van der Waals surface area contributed by atoms with Gasteiger partial charge in [0.2, 0.25) is 5.91 Å². The van der Waals surface area contributed by atoms with Gasteiger partial charge in [-0.2, -0.15) is 13.2 Å². The van der Waals surface area contributed by atoms with Crippen LogP contribution < -0.4 is 10.6 Å². The summed E-state index contributed by atoms with van der Waals surface area (Å²) in [5.74, 6) is -2.56. The molecular formula is C15H11F5N2O. The first-order chi connectivity index (χ1) is 10.8. The summed E-state index contributed by atoms with van der Waals surface area (Å²) in [6.07, 6.45) is -4.57. The molecular weight excluding hydrogens is 319 g/mol. The molecule has 0 atom stereocenters. The third-order valence-corrected chi connectivity index (χ3v) is 2.88. The average molecular weight is 330 g/mol. The molecule has 0 aromatic heterocycles. The smallest absolute Gasteiger partial charge is 0.376 e. The monoisotopic (exact) mass is 330 g/mol. The number of anilines is 2. The first kappa shape index (κ1) is 16.7. The van der Waals surface area contributed by atoms with Crippen molar-refractivity contribution in [3.05, 3.63) is 59.7 Å². The molecule has 122 valence electrons. The van der Waals surface area contributed by atoms with Crippen molar-refractivity contribution in [3.8, 4) is 0 Å². The van der Waals surface area contributed by atoms with E-state index in [1.807, 2.05) is 0 Å². The minimum atomic E-state index is -4.57. The van der Waals surface area contributed by atoms with Gasteiger partial charge in [-0.3, -0.25) is 4.79 Å². The van der Waals surface area contributed by atoms with Gasteiger partial charge in [0.1, 0.15) is 11.6 Å². The Balaban J connectivity index is 2.03. The number of carbonyl (C=O) groups is 1. The van der Waals surface area contributed by atoms with Crippen LogP contribution in [0.2, 0.25) is 0 Å². The molecule has 23 heavy (non-hydrogen) atoms. The molecule has 0 aliphatic heterocycles. The molecule has 0 fully saturated rings. The highest BCUT2D eigenvalue weighted by Crippen LogP contribution is 2.34. The van der Waals surface area contributed by atoms with E-state index < -0.39 is 35.8 Å². The molecule has 0 unspecified atom stereocenters. The van der Waals surface area contributed by atoms with Crippen LogP contribution >= 0.6 is 0 Å². The Labute approximate surface area is 128 Å². The molecule has 8 heteroatoms. The number of halogens is 5. The van der Waals surface area contributed by atoms with Crippen LogP contribution in [0, 0.1) is 11.6 Å². The molecule has 2 rings (SSSR count). The second-order valence-electron chi connectivity index (χ2n) is 4.57. The normalized spacial score (nSPS) is 11.2. The van der Waals surface area contributed by atoms with Crippen molar-refractivity contribution in [2.75, 3.05) is 17.2 Å². The summed E-state index contributed by atoms with van der Waals surface area (Å²) in [4.78, 5) is 11.7. The van der Waals surface area contributed by atoms with Crippen LogP contribution in [0.1, 0.15) is 5.56 Å². The van der Waals surface area contributed by atoms with Crippen LogP contribution in [0.5, 0.6) is 0 Å². The van der Waals surface area contributed by atoms with Gasteiger partial charge in [-0.15, -0.1) is 0 Å². The largest absolute Gasteiger partial charge is 0.418 e. The van der Waals surface area contributed by atoms with E-state index in [1.54, 1.807) is 0 Å². The molecule has 0 radical (unpaired) electrons. The third-order valence-electron chi connectivity index (χ3n) is 2.88. The average Bonchev–Trinajstić information content (AvgIpc) is 2.47. The number of benzene rings is 2. The number of hydrogen-bond donors (Lipinski definition) is 2. The summed E-state index contributed by atoms with van der Waals surface area (Å²) in [7, 11) is 0. The Hall–Kier alpha value is -2.64.